The number of rotatable bonds is 20. The lowest BCUT2D eigenvalue weighted by Crippen LogP contribution is -3.00. The molecule has 0 saturated carbocycles. The van der Waals surface area contributed by atoms with E-state index in [2.05, 4.69) is 6.92 Å². The van der Waals surface area contributed by atoms with Crippen molar-refractivity contribution in [1.29, 1.82) is 0 Å². The molecule has 0 spiro atoms. The van der Waals surface area contributed by atoms with Gasteiger partial charge >= 0.3 is 0 Å². The average molecular weight is 396 g/mol. The molecule has 3 N–H and O–H groups in total. The maximum atomic E-state index is 9.25. The normalized spacial score (nSPS) is 11.5. The fourth-order valence-electron chi connectivity index (χ4n) is 3.34. The molecule has 0 bridgehead atoms. The van der Waals surface area contributed by atoms with Crippen molar-refractivity contribution in [3.63, 3.8) is 0 Å². The van der Waals surface area contributed by atoms with Crippen LogP contribution in [0.4, 0.5) is 0 Å². The van der Waals surface area contributed by atoms with Gasteiger partial charge in [-0.25, -0.2) is 0 Å². The molecule has 0 radical (unpaired) electrons. The third kappa shape index (κ3) is 16.3. The summed E-state index contributed by atoms with van der Waals surface area (Å²) in [6.07, 6.45) is 21.4. The van der Waals surface area contributed by atoms with Crippen molar-refractivity contribution in [2.75, 3.05) is 26.7 Å². The van der Waals surface area contributed by atoms with Crippen molar-refractivity contribution in [3.05, 3.63) is 0 Å². The highest BCUT2D eigenvalue weighted by Gasteiger charge is 2.23. The van der Waals surface area contributed by atoms with E-state index in [0.29, 0.717) is 6.54 Å². The van der Waals surface area contributed by atoms with Gasteiger partial charge in [0.05, 0.1) is 6.54 Å². The molecule has 0 aromatic carbocycles. The molecule has 0 aliphatic rings. The zero-order valence-electron chi connectivity index (χ0n) is 17.3. The van der Waals surface area contributed by atoms with Crippen LogP contribution in [0.3, 0.4) is 0 Å². The van der Waals surface area contributed by atoms with Crippen LogP contribution in [0.15, 0.2) is 0 Å². The Bertz CT molecular complexity index is 255. The highest BCUT2D eigenvalue weighted by Crippen LogP contribution is 2.14. The van der Waals surface area contributed by atoms with Gasteiger partial charge in [-0.1, -0.05) is 96.8 Å². The molecule has 0 aromatic heterocycles. The maximum Gasteiger partial charge on any atom is 0.183 e. The Morgan fingerprint density at radius 3 is 1.00 bits per heavy atom. The van der Waals surface area contributed by atoms with E-state index in [1.54, 1.807) is 0 Å². The molecule has 0 aliphatic carbocycles. The molecule has 0 heterocycles. The SMILES string of the molecule is CCCCCCCCCCCCCCCCCC[N+](CO)(CO)CO.[Cl-]. The second-order valence-corrected chi connectivity index (χ2v) is 7.79. The predicted octanol–water partition coefficient (Wildman–Crippen LogP) is 1.92. The number of nitrogens with zero attached hydrogens (tertiary/aromatic N) is 1. The van der Waals surface area contributed by atoms with Crippen molar-refractivity contribution >= 4 is 0 Å². The molecule has 0 unspecified atom stereocenters. The minimum Gasteiger partial charge on any atom is -1.00 e. The van der Waals surface area contributed by atoms with Gasteiger partial charge < -0.3 is 27.7 Å². The zero-order chi connectivity index (χ0) is 18.6. The predicted molar refractivity (Wildman–Crippen MR) is 106 cm³/mol. The molecule has 0 fully saturated rings. The van der Waals surface area contributed by atoms with E-state index in [1.165, 1.54) is 89.9 Å². The summed E-state index contributed by atoms with van der Waals surface area (Å²) in [5, 5.41) is 27.8. The van der Waals surface area contributed by atoms with E-state index in [9.17, 15) is 15.3 Å². The lowest BCUT2D eigenvalue weighted by Gasteiger charge is -2.31. The Morgan fingerprint density at radius 1 is 0.462 bits per heavy atom. The molecule has 26 heavy (non-hydrogen) atoms. The summed E-state index contributed by atoms with van der Waals surface area (Å²) in [4.78, 5) is 0. The Morgan fingerprint density at radius 2 is 0.731 bits per heavy atom. The van der Waals surface area contributed by atoms with Gasteiger partial charge in [0, 0.05) is 0 Å². The van der Waals surface area contributed by atoms with Crippen LogP contribution in [-0.2, 0) is 0 Å². The molecule has 0 aromatic rings. The maximum absolute atomic E-state index is 9.25. The molecule has 4 nitrogen and oxygen atoms in total. The minimum absolute atomic E-state index is 0. The van der Waals surface area contributed by atoms with E-state index in [4.69, 9.17) is 0 Å². The summed E-state index contributed by atoms with van der Waals surface area (Å²) in [6.45, 7) is 2.36. The van der Waals surface area contributed by atoms with Crippen molar-refractivity contribution in [2.24, 2.45) is 0 Å². The molecule has 5 heteroatoms. The Kier molecular flexibility index (Phi) is 23.4. The molecule has 0 atom stereocenters. The fraction of sp³-hybridized carbons (Fsp3) is 1.00. The third-order valence-electron chi connectivity index (χ3n) is 5.39. The van der Waals surface area contributed by atoms with Crippen LogP contribution < -0.4 is 12.4 Å². The second kappa shape index (κ2) is 21.4. The average Bonchev–Trinajstić information content (AvgIpc) is 2.65. The lowest BCUT2D eigenvalue weighted by atomic mass is 10.0. The van der Waals surface area contributed by atoms with Gasteiger partial charge in [-0.15, -0.1) is 0 Å². The Balaban J connectivity index is 0. The molecular weight excluding hydrogens is 350 g/mol. The molecule has 0 saturated heterocycles. The Labute approximate surface area is 169 Å². The van der Waals surface area contributed by atoms with Gasteiger partial charge in [-0.05, 0) is 12.8 Å². The van der Waals surface area contributed by atoms with Crippen LogP contribution >= 0.6 is 0 Å². The first kappa shape index (κ1) is 28.3. The molecule has 0 aliphatic heterocycles. The van der Waals surface area contributed by atoms with Crippen LogP contribution in [0.2, 0.25) is 0 Å². The van der Waals surface area contributed by atoms with E-state index < -0.39 is 0 Å². The van der Waals surface area contributed by atoms with E-state index in [-0.39, 0.29) is 37.1 Å². The van der Waals surface area contributed by atoms with Crippen molar-refractivity contribution in [1.82, 2.24) is 0 Å². The summed E-state index contributed by atoms with van der Waals surface area (Å²) in [5.41, 5.74) is 0. The number of hydrogen-bond acceptors (Lipinski definition) is 3. The van der Waals surface area contributed by atoms with Gasteiger partial charge in [-0.3, -0.25) is 4.48 Å². The highest BCUT2D eigenvalue weighted by atomic mass is 35.5. The van der Waals surface area contributed by atoms with Gasteiger partial charge in [0.25, 0.3) is 0 Å². The molecule has 0 rings (SSSR count). The van der Waals surface area contributed by atoms with Crippen molar-refractivity contribution in [2.45, 2.75) is 110 Å². The molecule has 160 valence electrons. The van der Waals surface area contributed by atoms with Gasteiger partial charge in [-0.2, -0.15) is 0 Å². The lowest BCUT2D eigenvalue weighted by molar-refractivity contribution is -0.976. The monoisotopic (exact) mass is 395 g/mol. The zero-order valence-corrected chi connectivity index (χ0v) is 18.1. The number of quaternary nitrogens is 1. The van der Waals surface area contributed by atoms with Crippen molar-refractivity contribution < 1.29 is 32.2 Å². The molecule has 0 amide bonds. The first-order chi connectivity index (χ1) is 12.2. The Hall–Kier alpha value is 0.130. The van der Waals surface area contributed by atoms with Crippen LogP contribution in [-0.4, -0.2) is 46.5 Å². The highest BCUT2D eigenvalue weighted by molar-refractivity contribution is 4.50. The number of unbranched alkanes of at least 4 members (excludes halogenated alkanes) is 15. The summed E-state index contributed by atoms with van der Waals surface area (Å²) < 4.78 is -0.00139. The standard InChI is InChI=1S/C21H46NO3.ClH/c1-2-3-4-5-6-7-8-9-10-11-12-13-14-15-16-17-18-22(19-23,20-24)21-25;/h23-25H,2-21H2,1H3;1H/q+1;/p-1. The van der Waals surface area contributed by atoms with Crippen LogP contribution in [0.5, 0.6) is 0 Å². The fourth-order valence-corrected chi connectivity index (χ4v) is 3.34. The number of hydrogen-bond donors (Lipinski definition) is 3. The van der Waals surface area contributed by atoms with Gasteiger partial charge in [0.2, 0.25) is 0 Å². The van der Waals surface area contributed by atoms with E-state index in [1.807, 2.05) is 0 Å². The van der Waals surface area contributed by atoms with Crippen molar-refractivity contribution in [3.8, 4) is 0 Å². The topological polar surface area (TPSA) is 60.7 Å². The van der Waals surface area contributed by atoms with E-state index in [0.717, 1.165) is 12.8 Å². The molecular formula is C21H46ClNO3. The summed E-state index contributed by atoms with van der Waals surface area (Å²) in [5.74, 6) is 0. The van der Waals surface area contributed by atoms with Crippen LogP contribution in [0, 0.1) is 0 Å². The quantitative estimate of drug-likeness (QED) is 0.168. The first-order valence-electron chi connectivity index (χ1n) is 10.9. The number of aliphatic hydroxyl groups excluding tert-OH is 3. The number of halogens is 1. The van der Waals surface area contributed by atoms with Gasteiger partial charge in [0.1, 0.15) is 0 Å². The minimum atomic E-state index is -0.189. The van der Waals surface area contributed by atoms with Crippen LogP contribution in [0.25, 0.3) is 0 Å². The first-order valence-corrected chi connectivity index (χ1v) is 10.9. The smallest absolute Gasteiger partial charge is 0.183 e. The summed E-state index contributed by atoms with van der Waals surface area (Å²) >= 11 is 0. The third-order valence-corrected chi connectivity index (χ3v) is 5.39. The second-order valence-electron chi connectivity index (χ2n) is 7.79. The largest absolute Gasteiger partial charge is 1.00 e. The number of aliphatic hydroxyl groups is 3. The summed E-state index contributed by atoms with van der Waals surface area (Å²) in [6, 6.07) is 0. The van der Waals surface area contributed by atoms with Crippen LogP contribution in [0.1, 0.15) is 110 Å². The summed E-state index contributed by atoms with van der Waals surface area (Å²) in [7, 11) is 0. The van der Waals surface area contributed by atoms with E-state index >= 15 is 0 Å². The van der Waals surface area contributed by atoms with Gasteiger partial charge in [0.15, 0.2) is 20.2 Å².